The lowest BCUT2D eigenvalue weighted by Crippen LogP contribution is -2.04. The van der Waals surface area contributed by atoms with Gasteiger partial charge in [-0.05, 0) is 35.7 Å². The Hall–Kier alpha value is -2.29. The molecule has 3 nitrogen and oxygen atoms in total. The van der Waals surface area contributed by atoms with Crippen LogP contribution in [0, 0.1) is 0 Å². The summed E-state index contributed by atoms with van der Waals surface area (Å²) in [6, 6.07) is 15.2. The van der Waals surface area contributed by atoms with Crippen LogP contribution < -0.4 is 5.73 Å². The lowest BCUT2D eigenvalue weighted by Gasteiger charge is -2.08. The van der Waals surface area contributed by atoms with Gasteiger partial charge in [0.05, 0.1) is 12.7 Å². The summed E-state index contributed by atoms with van der Waals surface area (Å²) in [7, 11) is 1.37. The molecule has 0 saturated heterocycles. The Balaban J connectivity index is 2.30. The lowest BCUT2D eigenvalue weighted by atomic mass is 10.0. The van der Waals surface area contributed by atoms with Crippen LogP contribution in [-0.2, 0) is 11.2 Å². The number of nitrogens with two attached hydrogens (primary N) is 1. The Kier molecular flexibility index (Phi) is 3.63. The second kappa shape index (κ2) is 5.36. The Morgan fingerprint density at radius 3 is 2.56 bits per heavy atom. The molecule has 3 heteroatoms. The number of benzene rings is 2. The highest BCUT2D eigenvalue weighted by Gasteiger charge is 2.08. The van der Waals surface area contributed by atoms with Gasteiger partial charge in [-0.2, -0.15) is 0 Å². The van der Waals surface area contributed by atoms with Crippen molar-refractivity contribution < 1.29 is 9.53 Å². The zero-order valence-electron chi connectivity index (χ0n) is 10.2. The van der Waals surface area contributed by atoms with E-state index in [0.717, 1.165) is 11.1 Å². The Morgan fingerprint density at radius 2 is 1.89 bits per heavy atom. The van der Waals surface area contributed by atoms with E-state index in [9.17, 15) is 4.79 Å². The monoisotopic (exact) mass is 241 g/mol. The quantitative estimate of drug-likeness (QED) is 0.664. The molecule has 0 saturated carbocycles. The van der Waals surface area contributed by atoms with E-state index in [1.807, 2.05) is 30.3 Å². The molecule has 2 aromatic rings. The first-order chi connectivity index (χ1) is 8.70. The van der Waals surface area contributed by atoms with Gasteiger partial charge in [-0.15, -0.1) is 0 Å². The van der Waals surface area contributed by atoms with Crippen LogP contribution in [0.4, 0.5) is 5.69 Å². The van der Waals surface area contributed by atoms with E-state index in [1.165, 1.54) is 7.11 Å². The molecule has 0 aliphatic carbocycles. The van der Waals surface area contributed by atoms with Crippen molar-refractivity contribution in [2.24, 2.45) is 0 Å². The molecule has 0 unspecified atom stereocenters. The van der Waals surface area contributed by atoms with E-state index in [-0.39, 0.29) is 5.97 Å². The number of methoxy groups -OCH3 is 1. The second-order valence-corrected chi connectivity index (χ2v) is 4.07. The standard InChI is InChI=1S/C15H15NO2/c1-18-15(17)12-7-8-14(16)13(10-12)9-11-5-3-2-4-6-11/h2-8,10H,9,16H2,1H3. The molecule has 18 heavy (non-hydrogen) atoms. The van der Waals surface area contributed by atoms with Crippen molar-refractivity contribution in [2.75, 3.05) is 12.8 Å². The molecule has 0 bridgehead atoms. The zero-order chi connectivity index (χ0) is 13.0. The average molecular weight is 241 g/mol. The fraction of sp³-hybridized carbons (Fsp3) is 0.133. The van der Waals surface area contributed by atoms with Gasteiger partial charge >= 0.3 is 5.97 Å². The van der Waals surface area contributed by atoms with Crippen LogP contribution >= 0.6 is 0 Å². The summed E-state index contributed by atoms with van der Waals surface area (Å²) in [5.74, 6) is -0.343. The molecule has 0 aliphatic heterocycles. The van der Waals surface area contributed by atoms with Crippen molar-refractivity contribution in [1.29, 1.82) is 0 Å². The molecule has 2 rings (SSSR count). The number of ether oxygens (including phenoxy) is 1. The summed E-state index contributed by atoms with van der Waals surface area (Å²) in [6.07, 6.45) is 0.706. The molecular formula is C15H15NO2. The maximum absolute atomic E-state index is 11.5. The molecule has 0 aromatic heterocycles. The van der Waals surface area contributed by atoms with Gasteiger partial charge in [0.25, 0.3) is 0 Å². The zero-order valence-corrected chi connectivity index (χ0v) is 10.2. The molecule has 0 fully saturated rings. The van der Waals surface area contributed by atoms with E-state index in [4.69, 9.17) is 10.5 Å². The summed E-state index contributed by atoms with van der Waals surface area (Å²) in [6.45, 7) is 0. The van der Waals surface area contributed by atoms with Crippen molar-refractivity contribution in [2.45, 2.75) is 6.42 Å². The molecular weight excluding hydrogens is 226 g/mol. The molecule has 0 radical (unpaired) electrons. The number of rotatable bonds is 3. The molecule has 92 valence electrons. The number of nitrogen functional groups attached to an aromatic ring is 1. The number of hydrogen-bond acceptors (Lipinski definition) is 3. The fourth-order valence-corrected chi connectivity index (χ4v) is 1.82. The minimum absolute atomic E-state index is 0.343. The Labute approximate surface area is 106 Å². The van der Waals surface area contributed by atoms with Gasteiger partial charge in [0.15, 0.2) is 0 Å². The maximum Gasteiger partial charge on any atom is 0.337 e. The van der Waals surface area contributed by atoms with E-state index < -0.39 is 0 Å². The molecule has 2 aromatic carbocycles. The summed E-state index contributed by atoms with van der Waals surface area (Å²) in [5, 5.41) is 0. The highest BCUT2D eigenvalue weighted by Crippen LogP contribution is 2.18. The fourth-order valence-electron chi connectivity index (χ4n) is 1.82. The van der Waals surface area contributed by atoms with Gasteiger partial charge in [0.2, 0.25) is 0 Å². The molecule has 0 heterocycles. The maximum atomic E-state index is 11.5. The summed E-state index contributed by atoms with van der Waals surface area (Å²) < 4.78 is 4.70. The minimum atomic E-state index is -0.343. The number of carbonyl (C=O) groups is 1. The first-order valence-electron chi connectivity index (χ1n) is 5.71. The highest BCUT2D eigenvalue weighted by molar-refractivity contribution is 5.90. The van der Waals surface area contributed by atoms with E-state index >= 15 is 0 Å². The van der Waals surface area contributed by atoms with E-state index in [0.29, 0.717) is 17.7 Å². The van der Waals surface area contributed by atoms with Crippen molar-refractivity contribution >= 4 is 11.7 Å². The van der Waals surface area contributed by atoms with Crippen LogP contribution in [0.5, 0.6) is 0 Å². The van der Waals surface area contributed by atoms with E-state index in [1.54, 1.807) is 18.2 Å². The smallest absolute Gasteiger partial charge is 0.337 e. The summed E-state index contributed by atoms with van der Waals surface area (Å²) in [5.41, 5.74) is 9.23. The van der Waals surface area contributed by atoms with Gasteiger partial charge < -0.3 is 10.5 Å². The van der Waals surface area contributed by atoms with Crippen molar-refractivity contribution in [3.63, 3.8) is 0 Å². The van der Waals surface area contributed by atoms with Crippen LogP contribution in [0.3, 0.4) is 0 Å². The number of hydrogen-bond donors (Lipinski definition) is 1. The molecule has 0 amide bonds. The third-order valence-electron chi connectivity index (χ3n) is 2.80. The van der Waals surface area contributed by atoms with Gasteiger partial charge in [0.1, 0.15) is 0 Å². The van der Waals surface area contributed by atoms with E-state index in [2.05, 4.69) is 0 Å². The SMILES string of the molecule is COC(=O)c1ccc(N)c(Cc2ccccc2)c1. The highest BCUT2D eigenvalue weighted by atomic mass is 16.5. The number of anilines is 1. The predicted octanol–water partition coefficient (Wildman–Crippen LogP) is 2.65. The van der Waals surface area contributed by atoms with Crippen molar-refractivity contribution in [3.8, 4) is 0 Å². The Bertz CT molecular complexity index is 550. The minimum Gasteiger partial charge on any atom is -0.465 e. The van der Waals surface area contributed by atoms with Crippen LogP contribution in [0.15, 0.2) is 48.5 Å². The van der Waals surface area contributed by atoms with Gasteiger partial charge in [-0.25, -0.2) is 4.79 Å². The number of esters is 1. The van der Waals surface area contributed by atoms with Crippen LogP contribution in [0.25, 0.3) is 0 Å². The third-order valence-corrected chi connectivity index (χ3v) is 2.80. The molecule has 2 N–H and O–H groups in total. The summed E-state index contributed by atoms with van der Waals surface area (Å²) >= 11 is 0. The largest absolute Gasteiger partial charge is 0.465 e. The molecule has 0 atom stereocenters. The van der Waals surface area contributed by atoms with Crippen LogP contribution in [0.1, 0.15) is 21.5 Å². The number of carbonyl (C=O) groups excluding carboxylic acids is 1. The second-order valence-electron chi connectivity index (χ2n) is 4.07. The van der Waals surface area contributed by atoms with Crippen LogP contribution in [0.2, 0.25) is 0 Å². The third kappa shape index (κ3) is 2.69. The molecule has 0 spiro atoms. The Morgan fingerprint density at radius 1 is 1.17 bits per heavy atom. The van der Waals surface area contributed by atoms with Crippen molar-refractivity contribution in [3.05, 3.63) is 65.2 Å². The summed E-state index contributed by atoms with van der Waals surface area (Å²) in [4.78, 5) is 11.5. The van der Waals surface area contributed by atoms with Gasteiger partial charge in [-0.3, -0.25) is 0 Å². The first kappa shape index (κ1) is 12.2. The van der Waals surface area contributed by atoms with Gasteiger partial charge in [0, 0.05) is 5.69 Å². The average Bonchev–Trinajstić information content (AvgIpc) is 2.41. The van der Waals surface area contributed by atoms with Crippen molar-refractivity contribution in [1.82, 2.24) is 0 Å². The van der Waals surface area contributed by atoms with Gasteiger partial charge in [-0.1, -0.05) is 30.3 Å². The molecule has 0 aliphatic rings. The normalized spacial score (nSPS) is 10.1. The first-order valence-corrected chi connectivity index (χ1v) is 5.71. The topological polar surface area (TPSA) is 52.3 Å². The van der Waals surface area contributed by atoms with Crippen LogP contribution in [-0.4, -0.2) is 13.1 Å². The predicted molar refractivity (Wildman–Crippen MR) is 71.4 cm³/mol. The lowest BCUT2D eigenvalue weighted by molar-refractivity contribution is 0.0600.